The molecule has 1 nitrogen and oxygen atoms in total. The van der Waals surface area contributed by atoms with E-state index in [1.807, 2.05) is 11.3 Å². The molecule has 8 aromatic rings. The fourth-order valence-electron chi connectivity index (χ4n) is 12.6. The van der Waals surface area contributed by atoms with Gasteiger partial charge in [-0.05, 0) is 142 Å². The molecule has 0 radical (unpaired) electrons. The van der Waals surface area contributed by atoms with E-state index in [0.717, 1.165) is 23.7 Å². The summed E-state index contributed by atoms with van der Waals surface area (Å²) in [6.07, 6.45) is 7.05. The van der Waals surface area contributed by atoms with E-state index < -0.39 is 0 Å². The number of nitrogens with zero attached hydrogens (tertiary/aromatic N) is 1. The number of anilines is 3. The third-order valence-corrected chi connectivity index (χ3v) is 15.9. The molecule has 0 N–H and O–H groups in total. The van der Waals surface area contributed by atoms with Crippen LogP contribution in [-0.4, -0.2) is 0 Å². The van der Waals surface area contributed by atoms with Gasteiger partial charge in [0.25, 0.3) is 0 Å². The Kier molecular flexibility index (Phi) is 6.81. The lowest BCUT2D eigenvalue weighted by Gasteiger charge is -2.64. The van der Waals surface area contributed by atoms with Gasteiger partial charge in [0.15, 0.2) is 0 Å². The summed E-state index contributed by atoms with van der Waals surface area (Å²) in [5.74, 6) is 3.31. The third kappa shape index (κ3) is 4.52. The zero-order valence-corrected chi connectivity index (χ0v) is 32.5. The summed E-state index contributed by atoms with van der Waals surface area (Å²) in [6.45, 7) is 4.98. The molecule has 0 saturated heterocycles. The Labute approximate surface area is 328 Å². The second-order valence-electron chi connectivity index (χ2n) is 17.8. The summed E-state index contributed by atoms with van der Waals surface area (Å²) in [5.41, 5.74) is 12.5. The molecule has 0 aliphatic heterocycles. The first-order valence-corrected chi connectivity index (χ1v) is 21.3. The lowest BCUT2D eigenvalue weighted by molar-refractivity contribution is -0.0443. The minimum absolute atomic E-state index is 0.115. The summed E-state index contributed by atoms with van der Waals surface area (Å²) in [5, 5.41) is 5.21. The smallest absolute Gasteiger partial charge is 0.0468 e. The van der Waals surface area contributed by atoms with Crippen molar-refractivity contribution in [2.45, 2.75) is 56.8 Å². The van der Waals surface area contributed by atoms with E-state index in [4.69, 9.17) is 0 Å². The fourth-order valence-corrected chi connectivity index (χ4v) is 13.8. The molecule has 0 unspecified atom stereocenters. The highest BCUT2D eigenvalue weighted by atomic mass is 32.1. The van der Waals surface area contributed by atoms with Crippen LogP contribution in [0.15, 0.2) is 152 Å². The van der Waals surface area contributed by atoms with Crippen LogP contribution in [0, 0.1) is 23.7 Å². The van der Waals surface area contributed by atoms with E-state index in [-0.39, 0.29) is 10.8 Å². The Bertz CT molecular complexity index is 2810. The van der Waals surface area contributed by atoms with Crippen molar-refractivity contribution in [3.63, 3.8) is 0 Å². The van der Waals surface area contributed by atoms with Crippen molar-refractivity contribution in [3.05, 3.63) is 174 Å². The highest BCUT2D eigenvalue weighted by molar-refractivity contribution is 7.26. The zero-order chi connectivity index (χ0) is 36.5. The van der Waals surface area contributed by atoms with Crippen molar-refractivity contribution in [3.8, 4) is 11.1 Å². The van der Waals surface area contributed by atoms with Crippen molar-refractivity contribution >= 4 is 59.3 Å². The quantitative estimate of drug-likeness (QED) is 0.174. The van der Waals surface area contributed by atoms with Gasteiger partial charge in [-0.3, -0.25) is 0 Å². The highest BCUT2D eigenvalue weighted by Gasteiger charge is 2.62. The molecule has 1 spiro atoms. The van der Waals surface area contributed by atoms with E-state index in [2.05, 4.69) is 170 Å². The minimum Gasteiger partial charge on any atom is -0.310 e. The maximum absolute atomic E-state index is 2.60. The fraction of sp³-hybridized carbons (Fsp3) is 0.245. The molecule has 2 heteroatoms. The van der Waals surface area contributed by atoms with Crippen LogP contribution in [0.2, 0.25) is 0 Å². The van der Waals surface area contributed by atoms with Gasteiger partial charge in [-0.15, -0.1) is 11.3 Å². The van der Waals surface area contributed by atoms with Crippen LogP contribution in [0.4, 0.5) is 17.1 Å². The van der Waals surface area contributed by atoms with Gasteiger partial charge in [0.2, 0.25) is 0 Å². The first-order chi connectivity index (χ1) is 27.0. The summed E-state index contributed by atoms with van der Waals surface area (Å²) in [6, 6.07) is 58.0. The number of thiophene rings is 1. The topological polar surface area (TPSA) is 3.24 Å². The summed E-state index contributed by atoms with van der Waals surface area (Å²) >= 11 is 1.91. The molecule has 1 aromatic heterocycles. The second kappa shape index (κ2) is 11.7. The molecule has 5 aliphatic rings. The van der Waals surface area contributed by atoms with Crippen LogP contribution in [0.1, 0.15) is 68.2 Å². The summed E-state index contributed by atoms with van der Waals surface area (Å²) < 4.78 is 2.70. The van der Waals surface area contributed by atoms with Crippen LogP contribution in [0.3, 0.4) is 0 Å². The molecule has 5 aliphatic carbocycles. The monoisotopic (exact) mass is 727 g/mol. The van der Waals surface area contributed by atoms with E-state index in [0.29, 0.717) is 0 Å². The SMILES string of the molecule is CC1(C)c2ccccc2C2(c3ccc(N(c4cccc(-c5cccc6c5sc5ccccc56)c4)c4ccc5ccccc5c4)cc31)C1CC3CC(C1)CC2C3. The molecule has 4 saturated carbocycles. The Morgan fingerprint density at radius 2 is 1.13 bits per heavy atom. The lowest BCUT2D eigenvalue weighted by Crippen LogP contribution is -2.58. The van der Waals surface area contributed by atoms with Crippen LogP contribution in [-0.2, 0) is 10.8 Å². The molecule has 55 heavy (non-hydrogen) atoms. The number of rotatable bonds is 4. The number of hydrogen-bond acceptors (Lipinski definition) is 2. The average Bonchev–Trinajstić information content (AvgIpc) is 3.60. The molecule has 7 aromatic carbocycles. The number of benzene rings is 7. The van der Waals surface area contributed by atoms with E-state index >= 15 is 0 Å². The normalized spacial score (nSPS) is 24.4. The molecule has 13 rings (SSSR count). The van der Waals surface area contributed by atoms with Gasteiger partial charge in [0, 0.05) is 48.1 Å². The van der Waals surface area contributed by atoms with Gasteiger partial charge in [-0.2, -0.15) is 0 Å². The van der Waals surface area contributed by atoms with Crippen molar-refractivity contribution < 1.29 is 0 Å². The molecule has 4 bridgehead atoms. The molecule has 0 atom stereocenters. The van der Waals surface area contributed by atoms with Gasteiger partial charge in [-0.25, -0.2) is 0 Å². The average molecular weight is 728 g/mol. The van der Waals surface area contributed by atoms with Gasteiger partial charge < -0.3 is 4.90 Å². The summed E-state index contributed by atoms with van der Waals surface area (Å²) in [4.78, 5) is 2.53. The second-order valence-corrected chi connectivity index (χ2v) is 18.8. The van der Waals surface area contributed by atoms with Gasteiger partial charge in [0.1, 0.15) is 0 Å². The molecule has 268 valence electrons. The molecule has 4 fully saturated rings. The van der Waals surface area contributed by atoms with Gasteiger partial charge in [-0.1, -0.05) is 123 Å². The maximum atomic E-state index is 2.60. The lowest BCUT2D eigenvalue weighted by atomic mass is 9.39. The molecule has 1 heterocycles. The minimum atomic E-state index is -0.116. The third-order valence-electron chi connectivity index (χ3n) is 14.7. The molecule has 0 amide bonds. The van der Waals surface area contributed by atoms with Crippen LogP contribution < -0.4 is 4.90 Å². The Morgan fingerprint density at radius 3 is 1.96 bits per heavy atom. The summed E-state index contributed by atoms with van der Waals surface area (Å²) in [7, 11) is 0. The zero-order valence-electron chi connectivity index (χ0n) is 31.6. The number of hydrogen-bond donors (Lipinski definition) is 0. The van der Waals surface area contributed by atoms with Gasteiger partial charge >= 0.3 is 0 Å². The Balaban J connectivity index is 1.07. The van der Waals surface area contributed by atoms with E-state index in [1.165, 1.54) is 96.8 Å². The predicted octanol–water partition coefficient (Wildman–Crippen LogP) is 14.7. The Hall–Kier alpha value is -5.18. The van der Waals surface area contributed by atoms with Crippen LogP contribution >= 0.6 is 11.3 Å². The van der Waals surface area contributed by atoms with Crippen molar-refractivity contribution in [1.29, 1.82) is 0 Å². The van der Waals surface area contributed by atoms with Crippen molar-refractivity contribution in [1.82, 2.24) is 0 Å². The van der Waals surface area contributed by atoms with Gasteiger partial charge in [0.05, 0.1) is 0 Å². The van der Waals surface area contributed by atoms with Crippen LogP contribution in [0.25, 0.3) is 42.1 Å². The molecular formula is C53H45NS. The van der Waals surface area contributed by atoms with E-state index in [9.17, 15) is 0 Å². The molecular weight excluding hydrogens is 683 g/mol. The standard InChI is InChI=1S/C53H45NS/c1-52(2)46-18-6-7-19-47(46)53(38-26-33-25-34(28-38)29-39(53)27-33)48-24-23-42(32-49(48)52)54(41-22-21-35-11-3-4-12-36(35)30-41)40-14-9-13-37(31-40)43-16-10-17-45-44-15-5-8-20-50(44)55-51(43)45/h3-24,30-34,38-39H,25-29H2,1-2H3. The predicted molar refractivity (Wildman–Crippen MR) is 233 cm³/mol. The van der Waals surface area contributed by atoms with Crippen LogP contribution in [0.5, 0.6) is 0 Å². The first kappa shape index (κ1) is 32.1. The van der Waals surface area contributed by atoms with E-state index in [1.54, 1.807) is 16.7 Å². The van der Waals surface area contributed by atoms with Crippen molar-refractivity contribution in [2.24, 2.45) is 23.7 Å². The largest absolute Gasteiger partial charge is 0.310 e. The maximum Gasteiger partial charge on any atom is 0.0468 e. The first-order valence-electron chi connectivity index (χ1n) is 20.5. The highest BCUT2D eigenvalue weighted by Crippen LogP contribution is 2.69. The van der Waals surface area contributed by atoms with Crippen molar-refractivity contribution in [2.75, 3.05) is 4.90 Å². The number of fused-ring (bicyclic) bond motifs is 6. The Morgan fingerprint density at radius 1 is 0.491 bits per heavy atom.